The molecule has 0 saturated carbocycles. The summed E-state index contributed by atoms with van der Waals surface area (Å²) in [6, 6.07) is 0. The molecule has 0 aliphatic carbocycles. The van der Waals surface area contributed by atoms with Crippen molar-refractivity contribution >= 4 is 0 Å². The molecular formula is C8H16O6. The first-order valence-electron chi connectivity index (χ1n) is 4.50. The van der Waals surface area contributed by atoms with E-state index in [1.54, 1.807) is 6.92 Å². The summed E-state index contributed by atoms with van der Waals surface area (Å²) in [5, 5.41) is 37.2. The summed E-state index contributed by atoms with van der Waals surface area (Å²) in [5.74, 6) is -1.62. The van der Waals surface area contributed by atoms with E-state index in [1.807, 2.05) is 0 Å². The Morgan fingerprint density at radius 1 is 1.43 bits per heavy atom. The third-order valence-corrected chi connectivity index (χ3v) is 2.28. The zero-order valence-corrected chi connectivity index (χ0v) is 7.96. The van der Waals surface area contributed by atoms with Crippen molar-refractivity contribution in [2.24, 2.45) is 0 Å². The quantitative estimate of drug-likeness (QED) is 0.421. The van der Waals surface area contributed by atoms with Gasteiger partial charge in [0.15, 0.2) is 0 Å². The number of hydrogen-bond donors (Lipinski definition) is 4. The molecular weight excluding hydrogens is 192 g/mol. The number of hydrogen-bond acceptors (Lipinski definition) is 6. The van der Waals surface area contributed by atoms with Gasteiger partial charge in [-0.15, -0.1) is 0 Å². The van der Waals surface area contributed by atoms with Crippen molar-refractivity contribution in [1.82, 2.24) is 0 Å². The van der Waals surface area contributed by atoms with Gasteiger partial charge < -0.3 is 29.9 Å². The second-order valence-corrected chi connectivity index (χ2v) is 3.22. The summed E-state index contributed by atoms with van der Waals surface area (Å²) in [6.07, 6.45) is -4.00. The molecule has 4 N–H and O–H groups in total. The summed E-state index contributed by atoms with van der Waals surface area (Å²) in [4.78, 5) is 0. The molecule has 6 heteroatoms. The Balaban J connectivity index is 2.76. The van der Waals surface area contributed by atoms with Gasteiger partial charge in [0.2, 0.25) is 5.79 Å². The van der Waals surface area contributed by atoms with Crippen LogP contribution in [-0.4, -0.2) is 64.3 Å². The minimum absolute atomic E-state index is 0.182. The lowest BCUT2D eigenvalue weighted by atomic mass is 9.97. The molecule has 1 fully saturated rings. The van der Waals surface area contributed by atoms with Gasteiger partial charge in [-0.1, -0.05) is 0 Å². The fourth-order valence-corrected chi connectivity index (χ4v) is 1.44. The lowest BCUT2D eigenvalue weighted by Crippen LogP contribution is -2.63. The maximum Gasteiger partial charge on any atom is 0.221 e. The molecule has 1 heterocycles. The summed E-state index contributed by atoms with van der Waals surface area (Å²) >= 11 is 0. The first kappa shape index (κ1) is 11.8. The molecule has 14 heavy (non-hydrogen) atoms. The maximum atomic E-state index is 9.57. The van der Waals surface area contributed by atoms with Gasteiger partial charge in [0.25, 0.3) is 0 Å². The summed E-state index contributed by atoms with van der Waals surface area (Å²) in [6.45, 7) is 1.13. The van der Waals surface area contributed by atoms with Crippen LogP contribution in [-0.2, 0) is 9.47 Å². The molecule has 0 aromatic heterocycles. The highest BCUT2D eigenvalue weighted by molar-refractivity contribution is 4.92. The van der Waals surface area contributed by atoms with E-state index < -0.39 is 30.7 Å². The van der Waals surface area contributed by atoms with E-state index in [0.717, 1.165) is 0 Å². The predicted octanol–water partition coefficient (Wildman–Crippen LogP) is -2.18. The normalized spacial score (nSPS) is 43.9. The van der Waals surface area contributed by atoms with E-state index in [4.69, 9.17) is 14.6 Å². The molecule has 84 valence electrons. The van der Waals surface area contributed by atoms with Gasteiger partial charge in [-0.05, 0) is 6.92 Å². The van der Waals surface area contributed by atoms with Crippen LogP contribution in [0.2, 0.25) is 0 Å². The number of rotatable bonds is 3. The Hall–Kier alpha value is -0.240. The second-order valence-electron chi connectivity index (χ2n) is 3.22. The molecule has 1 aliphatic heterocycles. The van der Waals surface area contributed by atoms with Gasteiger partial charge in [0, 0.05) is 6.61 Å². The van der Waals surface area contributed by atoms with Gasteiger partial charge in [0.1, 0.15) is 24.9 Å². The highest BCUT2D eigenvalue weighted by atomic mass is 16.7. The molecule has 1 rings (SSSR count). The van der Waals surface area contributed by atoms with E-state index in [1.165, 1.54) is 0 Å². The fourth-order valence-electron chi connectivity index (χ4n) is 1.44. The zero-order chi connectivity index (χ0) is 10.8. The van der Waals surface area contributed by atoms with Crippen LogP contribution >= 0.6 is 0 Å². The summed E-state index contributed by atoms with van der Waals surface area (Å²) < 4.78 is 10.1. The van der Waals surface area contributed by atoms with Crippen LogP contribution < -0.4 is 0 Å². The molecule has 0 amide bonds. The second kappa shape index (κ2) is 4.52. The Kier molecular flexibility index (Phi) is 3.82. The monoisotopic (exact) mass is 208 g/mol. The smallest absolute Gasteiger partial charge is 0.221 e. The average molecular weight is 208 g/mol. The fraction of sp³-hybridized carbons (Fsp3) is 1.00. The largest absolute Gasteiger partial charge is 0.391 e. The zero-order valence-electron chi connectivity index (χ0n) is 7.96. The molecule has 4 atom stereocenters. The van der Waals surface area contributed by atoms with E-state index in [9.17, 15) is 15.3 Å². The minimum atomic E-state index is -1.62. The third kappa shape index (κ3) is 1.90. The van der Waals surface area contributed by atoms with Crippen molar-refractivity contribution in [3.8, 4) is 0 Å². The van der Waals surface area contributed by atoms with Crippen LogP contribution in [0.15, 0.2) is 0 Å². The van der Waals surface area contributed by atoms with Crippen LogP contribution in [0, 0.1) is 0 Å². The molecule has 1 aliphatic rings. The van der Waals surface area contributed by atoms with Crippen LogP contribution in [0.4, 0.5) is 0 Å². The molecule has 6 nitrogen and oxygen atoms in total. The lowest BCUT2D eigenvalue weighted by Gasteiger charge is -2.43. The van der Waals surface area contributed by atoms with Gasteiger partial charge in [0.05, 0.1) is 6.61 Å². The van der Waals surface area contributed by atoms with Gasteiger partial charge in [-0.3, -0.25) is 0 Å². The molecule has 0 unspecified atom stereocenters. The van der Waals surface area contributed by atoms with Crippen LogP contribution in [0.3, 0.4) is 0 Å². The first-order valence-corrected chi connectivity index (χ1v) is 4.50. The van der Waals surface area contributed by atoms with Gasteiger partial charge in [-0.2, -0.15) is 0 Å². The summed E-state index contributed by atoms with van der Waals surface area (Å²) in [5.41, 5.74) is 0. The standard InChI is InChI=1S/C8H16O6/c1-2-13-8(4-9)7(12)6(11)5(10)3-14-8/h5-7,9-12H,2-4H2,1H3/t5-,6+,7-,8+/m0/s1. The Morgan fingerprint density at radius 2 is 2.07 bits per heavy atom. The average Bonchev–Trinajstić information content (AvgIpc) is 2.20. The van der Waals surface area contributed by atoms with Gasteiger partial charge >= 0.3 is 0 Å². The highest BCUT2D eigenvalue weighted by Gasteiger charge is 2.50. The maximum absolute atomic E-state index is 9.57. The van der Waals surface area contributed by atoms with Crippen LogP contribution in [0.25, 0.3) is 0 Å². The molecule has 0 aromatic carbocycles. The number of aliphatic hydroxyl groups is 4. The SMILES string of the molecule is CCO[C@]1(CO)OC[C@H](O)[C@@H](O)[C@@H]1O. The van der Waals surface area contributed by atoms with Crippen molar-refractivity contribution < 1.29 is 29.9 Å². The molecule has 0 aromatic rings. The number of ether oxygens (including phenoxy) is 2. The predicted molar refractivity (Wildman–Crippen MR) is 45.4 cm³/mol. The van der Waals surface area contributed by atoms with Crippen molar-refractivity contribution in [3.05, 3.63) is 0 Å². The Bertz CT molecular complexity index is 187. The van der Waals surface area contributed by atoms with Crippen molar-refractivity contribution in [3.63, 3.8) is 0 Å². The van der Waals surface area contributed by atoms with E-state index >= 15 is 0 Å². The topological polar surface area (TPSA) is 99.4 Å². The number of aliphatic hydroxyl groups excluding tert-OH is 4. The Morgan fingerprint density at radius 3 is 2.57 bits per heavy atom. The van der Waals surface area contributed by atoms with Gasteiger partial charge in [-0.25, -0.2) is 0 Å². The summed E-state index contributed by atoms with van der Waals surface area (Å²) in [7, 11) is 0. The minimum Gasteiger partial charge on any atom is -0.391 e. The van der Waals surface area contributed by atoms with Crippen molar-refractivity contribution in [2.45, 2.75) is 31.0 Å². The Labute approximate surface area is 81.7 Å². The van der Waals surface area contributed by atoms with Crippen molar-refractivity contribution in [2.75, 3.05) is 19.8 Å². The molecule has 0 spiro atoms. The first-order chi connectivity index (χ1) is 6.57. The van der Waals surface area contributed by atoms with Crippen LogP contribution in [0.5, 0.6) is 0 Å². The third-order valence-electron chi connectivity index (χ3n) is 2.28. The molecule has 1 saturated heterocycles. The lowest BCUT2D eigenvalue weighted by molar-refractivity contribution is -0.347. The molecule has 0 radical (unpaired) electrons. The van der Waals surface area contributed by atoms with Crippen LogP contribution in [0.1, 0.15) is 6.92 Å². The van der Waals surface area contributed by atoms with E-state index in [-0.39, 0.29) is 13.2 Å². The highest BCUT2D eigenvalue weighted by Crippen LogP contribution is 2.27. The van der Waals surface area contributed by atoms with E-state index in [2.05, 4.69) is 0 Å². The van der Waals surface area contributed by atoms with E-state index in [0.29, 0.717) is 0 Å². The van der Waals surface area contributed by atoms with Crippen molar-refractivity contribution in [1.29, 1.82) is 0 Å². The molecule has 0 bridgehead atoms.